The third-order valence-electron chi connectivity index (χ3n) is 5.00. The van der Waals surface area contributed by atoms with Gasteiger partial charge in [-0.05, 0) is 42.7 Å². The Hall–Kier alpha value is -2.07. The molecule has 1 aliphatic heterocycles. The van der Waals surface area contributed by atoms with Gasteiger partial charge in [0.15, 0.2) is 0 Å². The fourth-order valence-corrected chi connectivity index (χ4v) is 5.84. The van der Waals surface area contributed by atoms with Crippen LogP contribution in [0.15, 0.2) is 47.4 Å². The number of halogens is 1. The average molecular weight is 451 g/mol. The summed E-state index contributed by atoms with van der Waals surface area (Å²) in [6.45, 7) is 0.920. The number of carbonyl (C=O) groups excluding carboxylic acids is 1. The molecule has 0 radical (unpaired) electrons. The largest absolute Gasteiger partial charge is 0.352 e. The van der Waals surface area contributed by atoms with E-state index in [0.717, 1.165) is 17.3 Å². The Morgan fingerprint density at radius 1 is 1.21 bits per heavy atom. The number of rotatable bonds is 5. The summed E-state index contributed by atoms with van der Waals surface area (Å²) in [6, 6.07) is 12.2. The first-order chi connectivity index (χ1) is 13.9. The maximum absolute atomic E-state index is 13.2. The van der Waals surface area contributed by atoms with Crippen LogP contribution in [0.3, 0.4) is 0 Å². The Bertz CT molecular complexity index is 1130. The van der Waals surface area contributed by atoms with Crippen molar-refractivity contribution in [3.63, 3.8) is 0 Å². The smallest absolute Gasteiger partial charge is 0.245 e. The van der Waals surface area contributed by atoms with Gasteiger partial charge in [0.05, 0.1) is 17.6 Å². The van der Waals surface area contributed by atoms with E-state index in [1.807, 2.05) is 12.1 Å². The lowest BCUT2D eigenvalue weighted by Crippen LogP contribution is -2.45. The maximum Gasteiger partial charge on any atom is 0.245 e. The summed E-state index contributed by atoms with van der Waals surface area (Å²) in [4.78, 5) is 12.8. The van der Waals surface area contributed by atoms with Gasteiger partial charge >= 0.3 is 0 Å². The lowest BCUT2D eigenvalue weighted by Gasteiger charge is -2.31. The summed E-state index contributed by atoms with van der Waals surface area (Å²) < 4.78 is 36.0. The number of sulfonamides is 1. The number of piperidine rings is 1. The molecule has 1 amide bonds. The minimum atomic E-state index is -3.75. The highest BCUT2D eigenvalue weighted by Gasteiger charge is 2.34. The highest BCUT2D eigenvalue weighted by molar-refractivity contribution is 7.89. The Morgan fingerprint density at radius 2 is 2.00 bits per heavy atom. The standard InChI is InChI=1S/C19H19ClN4O3S2/c20-15-8-6-13(7-9-15)11-21-19(25)14-3-2-10-24(12-14)29(26,27)17-5-1-4-16-18(17)23-28-22-16/h1,4-9,14H,2-3,10-12H2,(H,21,25)/t14-/m1/s1. The van der Waals surface area contributed by atoms with Gasteiger partial charge in [-0.1, -0.05) is 29.8 Å². The van der Waals surface area contributed by atoms with Crippen LogP contribution in [-0.4, -0.2) is 40.5 Å². The summed E-state index contributed by atoms with van der Waals surface area (Å²) in [5.74, 6) is -0.535. The Morgan fingerprint density at radius 3 is 2.79 bits per heavy atom. The molecule has 0 unspecified atom stereocenters. The van der Waals surface area contributed by atoms with Gasteiger partial charge in [0.1, 0.15) is 15.9 Å². The van der Waals surface area contributed by atoms with Crippen molar-refractivity contribution in [1.82, 2.24) is 18.4 Å². The molecule has 0 saturated carbocycles. The van der Waals surface area contributed by atoms with Gasteiger partial charge in [-0.15, -0.1) is 0 Å². The number of amides is 1. The normalized spacial score (nSPS) is 18.0. The molecule has 1 aromatic heterocycles. The molecule has 0 bridgehead atoms. The number of benzene rings is 2. The molecule has 10 heteroatoms. The minimum Gasteiger partial charge on any atom is -0.352 e. The molecule has 3 aromatic rings. The van der Waals surface area contributed by atoms with Crippen LogP contribution in [0, 0.1) is 5.92 Å². The first-order valence-electron chi connectivity index (χ1n) is 9.19. The van der Waals surface area contributed by atoms with Crippen molar-refractivity contribution in [3.05, 3.63) is 53.1 Å². The van der Waals surface area contributed by atoms with Gasteiger partial charge in [0.2, 0.25) is 15.9 Å². The molecule has 4 rings (SSSR count). The molecule has 7 nitrogen and oxygen atoms in total. The van der Waals surface area contributed by atoms with Gasteiger partial charge < -0.3 is 5.32 Å². The predicted molar refractivity (Wildman–Crippen MR) is 112 cm³/mol. The molecule has 1 fully saturated rings. The van der Waals surface area contributed by atoms with Crippen LogP contribution < -0.4 is 5.32 Å². The van der Waals surface area contributed by atoms with E-state index in [2.05, 4.69) is 14.1 Å². The summed E-state index contributed by atoms with van der Waals surface area (Å²) in [5, 5.41) is 3.54. The molecule has 1 aliphatic rings. The molecule has 29 heavy (non-hydrogen) atoms. The van der Waals surface area contributed by atoms with Crippen molar-refractivity contribution in [2.45, 2.75) is 24.3 Å². The molecule has 1 saturated heterocycles. The van der Waals surface area contributed by atoms with Crippen LogP contribution in [0.1, 0.15) is 18.4 Å². The van der Waals surface area contributed by atoms with E-state index in [4.69, 9.17) is 11.6 Å². The van der Waals surface area contributed by atoms with Crippen LogP contribution >= 0.6 is 23.3 Å². The van der Waals surface area contributed by atoms with E-state index in [9.17, 15) is 13.2 Å². The predicted octanol–water partition coefficient (Wildman–Crippen LogP) is 3.06. The van der Waals surface area contributed by atoms with E-state index in [1.54, 1.807) is 30.3 Å². The molecule has 0 aliphatic carbocycles. The SMILES string of the molecule is O=C(NCc1ccc(Cl)cc1)[C@@H]1CCCN(S(=O)(=O)c2cccc3nsnc23)C1. The lowest BCUT2D eigenvalue weighted by atomic mass is 9.99. The van der Waals surface area contributed by atoms with Crippen molar-refractivity contribution in [2.24, 2.45) is 5.92 Å². The Balaban J connectivity index is 1.46. The summed E-state index contributed by atoms with van der Waals surface area (Å²) in [7, 11) is -3.75. The quantitative estimate of drug-likeness (QED) is 0.644. The first-order valence-corrected chi connectivity index (χ1v) is 11.7. The van der Waals surface area contributed by atoms with Gasteiger partial charge in [-0.2, -0.15) is 13.1 Å². The fraction of sp³-hybridized carbons (Fsp3) is 0.316. The molecular weight excluding hydrogens is 432 g/mol. The van der Waals surface area contributed by atoms with Crippen LogP contribution in [0.5, 0.6) is 0 Å². The summed E-state index contributed by atoms with van der Waals surface area (Å²) in [5.41, 5.74) is 1.88. The number of hydrogen-bond acceptors (Lipinski definition) is 6. The van der Waals surface area contributed by atoms with Crippen molar-refractivity contribution in [3.8, 4) is 0 Å². The van der Waals surface area contributed by atoms with Crippen LogP contribution in [-0.2, 0) is 21.4 Å². The van der Waals surface area contributed by atoms with Crippen molar-refractivity contribution >= 4 is 50.3 Å². The average Bonchev–Trinajstić information content (AvgIpc) is 3.22. The number of carbonyl (C=O) groups is 1. The van der Waals surface area contributed by atoms with E-state index < -0.39 is 15.9 Å². The highest BCUT2D eigenvalue weighted by Crippen LogP contribution is 2.28. The fourth-order valence-electron chi connectivity index (χ4n) is 3.44. The van der Waals surface area contributed by atoms with Gasteiger partial charge in [-0.3, -0.25) is 4.79 Å². The van der Waals surface area contributed by atoms with Gasteiger partial charge in [-0.25, -0.2) is 8.42 Å². The molecular formula is C19H19ClN4O3S2. The van der Waals surface area contributed by atoms with E-state index in [1.165, 1.54) is 4.31 Å². The van der Waals surface area contributed by atoms with Crippen LogP contribution in [0.2, 0.25) is 5.02 Å². The zero-order valence-corrected chi connectivity index (χ0v) is 17.8. The lowest BCUT2D eigenvalue weighted by molar-refractivity contribution is -0.126. The number of fused-ring (bicyclic) bond motifs is 1. The molecule has 0 spiro atoms. The van der Waals surface area contributed by atoms with Crippen molar-refractivity contribution < 1.29 is 13.2 Å². The van der Waals surface area contributed by atoms with Crippen LogP contribution in [0.4, 0.5) is 0 Å². The van der Waals surface area contributed by atoms with Crippen molar-refractivity contribution in [1.29, 1.82) is 0 Å². The highest BCUT2D eigenvalue weighted by atomic mass is 35.5. The van der Waals surface area contributed by atoms with Crippen LogP contribution in [0.25, 0.3) is 11.0 Å². The second kappa shape index (κ2) is 8.35. The van der Waals surface area contributed by atoms with Gasteiger partial charge in [0.25, 0.3) is 0 Å². The zero-order chi connectivity index (χ0) is 20.4. The van der Waals surface area contributed by atoms with E-state index in [-0.39, 0.29) is 17.3 Å². The molecule has 2 heterocycles. The third kappa shape index (κ3) is 4.28. The van der Waals surface area contributed by atoms with Gasteiger partial charge in [0, 0.05) is 24.7 Å². The minimum absolute atomic E-state index is 0.144. The number of hydrogen-bond donors (Lipinski definition) is 1. The van der Waals surface area contributed by atoms with E-state index in [0.29, 0.717) is 42.0 Å². The Kier molecular flexibility index (Phi) is 5.82. The molecule has 1 N–H and O–H groups in total. The second-order valence-electron chi connectivity index (χ2n) is 6.93. The summed E-state index contributed by atoms with van der Waals surface area (Å²) >= 11 is 6.86. The van der Waals surface area contributed by atoms with E-state index >= 15 is 0 Å². The summed E-state index contributed by atoms with van der Waals surface area (Å²) in [6.07, 6.45) is 1.28. The molecule has 2 aromatic carbocycles. The third-order valence-corrected chi connectivity index (χ3v) is 7.69. The molecule has 1 atom stereocenters. The Labute approximate surface area is 178 Å². The zero-order valence-electron chi connectivity index (χ0n) is 15.4. The second-order valence-corrected chi connectivity index (χ2v) is 9.81. The number of nitrogens with zero attached hydrogens (tertiary/aromatic N) is 3. The molecule has 152 valence electrons. The number of nitrogens with one attached hydrogen (secondary N) is 1. The number of aromatic nitrogens is 2. The topological polar surface area (TPSA) is 92.3 Å². The first kappa shape index (κ1) is 20.2. The monoisotopic (exact) mass is 450 g/mol. The maximum atomic E-state index is 13.2. The van der Waals surface area contributed by atoms with Crippen molar-refractivity contribution in [2.75, 3.05) is 13.1 Å².